The van der Waals surface area contributed by atoms with E-state index in [-0.39, 0.29) is 24.4 Å². The fourth-order valence-electron chi connectivity index (χ4n) is 2.10. The number of carbonyl (C=O) groups is 2. The van der Waals surface area contributed by atoms with E-state index in [4.69, 9.17) is 0 Å². The van der Waals surface area contributed by atoms with E-state index >= 15 is 0 Å². The maximum absolute atomic E-state index is 12.2. The Bertz CT molecular complexity index is 796. The van der Waals surface area contributed by atoms with Crippen molar-refractivity contribution in [2.75, 3.05) is 0 Å². The van der Waals surface area contributed by atoms with Crippen LogP contribution in [0.5, 0.6) is 0 Å². The van der Waals surface area contributed by atoms with Crippen LogP contribution in [0.25, 0.3) is 10.1 Å². The van der Waals surface area contributed by atoms with Crippen molar-refractivity contribution in [2.45, 2.75) is 12.8 Å². The molecule has 0 amide bonds. The summed E-state index contributed by atoms with van der Waals surface area (Å²) in [5.74, 6) is -0.159. The number of hydrogen-bond acceptors (Lipinski definition) is 5. The molecule has 0 radical (unpaired) electrons. The number of benzene rings is 1. The van der Waals surface area contributed by atoms with E-state index in [2.05, 4.69) is 9.97 Å². The molecular weight excluding hydrogens is 284 g/mol. The van der Waals surface area contributed by atoms with Gasteiger partial charge < -0.3 is 0 Å². The summed E-state index contributed by atoms with van der Waals surface area (Å²) in [5, 5.41) is 3.06. The van der Waals surface area contributed by atoms with E-state index < -0.39 is 0 Å². The Morgan fingerprint density at radius 1 is 1.05 bits per heavy atom. The lowest BCUT2D eigenvalue weighted by molar-refractivity contribution is 0.0915. The summed E-state index contributed by atoms with van der Waals surface area (Å²) >= 11 is 1.64. The predicted octanol–water partition coefficient (Wildman–Crippen LogP) is 3.54. The van der Waals surface area contributed by atoms with Gasteiger partial charge in [0.2, 0.25) is 0 Å². The number of thiophene rings is 1. The number of rotatable bonds is 5. The van der Waals surface area contributed by atoms with Gasteiger partial charge in [-0.15, -0.1) is 11.3 Å². The second kappa shape index (κ2) is 5.93. The molecule has 1 aromatic carbocycles. The molecule has 3 rings (SSSR count). The summed E-state index contributed by atoms with van der Waals surface area (Å²) in [6.07, 6.45) is 3.21. The molecule has 2 heterocycles. The van der Waals surface area contributed by atoms with Crippen LogP contribution in [0.1, 0.15) is 33.7 Å². The monoisotopic (exact) mass is 296 g/mol. The molecule has 0 spiro atoms. The zero-order valence-corrected chi connectivity index (χ0v) is 12.0. The lowest BCUT2D eigenvalue weighted by Crippen LogP contribution is -2.06. The molecule has 5 heteroatoms. The minimum absolute atomic E-state index is 0.0227. The van der Waals surface area contributed by atoms with Crippen molar-refractivity contribution in [3.05, 3.63) is 59.5 Å². The molecular formula is C16H12N2O2S. The van der Waals surface area contributed by atoms with Crippen molar-refractivity contribution in [3.8, 4) is 0 Å². The van der Waals surface area contributed by atoms with Gasteiger partial charge in [-0.25, -0.2) is 9.97 Å². The van der Waals surface area contributed by atoms with Crippen LogP contribution in [0.4, 0.5) is 0 Å². The maximum atomic E-state index is 12.2. The normalized spacial score (nSPS) is 10.7. The number of Topliss-reactive ketones (excluding diaryl/α,β-unsaturated/α-hetero) is 2. The first-order valence-corrected chi connectivity index (χ1v) is 7.42. The average Bonchev–Trinajstić information content (AvgIpc) is 3.00. The molecule has 0 aliphatic rings. The van der Waals surface area contributed by atoms with Gasteiger partial charge in [0.25, 0.3) is 0 Å². The van der Waals surface area contributed by atoms with Crippen molar-refractivity contribution >= 4 is 33.0 Å². The number of fused-ring (bicyclic) bond motifs is 1. The van der Waals surface area contributed by atoms with E-state index in [9.17, 15) is 9.59 Å². The van der Waals surface area contributed by atoms with Crippen LogP contribution < -0.4 is 0 Å². The van der Waals surface area contributed by atoms with Crippen molar-refractivity contribution in [1.29, 1.82) is 0 Å². The van der Waals surface area contributed by atoms with Gasteiger partial charge in [-0.3, -0.25) is 9.59 Å². The molecule has 0 bridgehead atoms. The van der Waals surface area contributed by atoms with Crippen LogP contribution in [0.15, 0.2) is 48.2 Å². The SMILES string of the molecule is O=C(CCC(=O)c1ccncn1)c1ccc2sccc2c1. The Labute approximate surface area is 125 Å². The highest BCUT2D eigenvalue weighted by Crippen LogP contribution is 2.22. The van der Waals surface area contributed by atoms with Crippen LogP contribution in [0, 0.1) is 0 Å². The largest absolute Gasteiger partial charge is 0.294 e. The van der Waals surface area contributed by atoms with Crippen LogP contribution >= 0.6 is 11.3 Å². The first kappa shape index (κ1) is 13.6. The average molecular weight is 296 g/mol. The van der Waals surface area contributed by atoms with Crippen molar-refractivity contribution in [2.24, 2.45) is 0 Å². The minimum Gasteiger partial charge on any atom is -0.294 e. The van der Waals surface area contributed by atoms with E-state index in [1.54, 1.807) is 17.4 Å². The van der Waals surface area contributed by atoms with E-state index in [0.29, 0.717) is 11.3 Å². The molecule has 0 unspecified atom stereocenters. The predicted molar refractivity (Wildman–Crippen MR) is 81.8 cm³/mol. The highest BCUT2D eigenvalue weighted by atomic mass is 32.1. The lowest BCUT2D eigenvalue weighted by atomic mass is 10.0. The topological polar surface area (TPSA) is 59.9 Å². The molecule has 0 saturated heterocycles. The summed E-state index contributed by atoms with van der Waals surface area (Å²) in [4.78, 5) is 31.7. The Morgan fingerprint density at radius 3 is 2.71 bits per heavy atom. The lowest BCUT2D eigenvalue weighted by Gasteiger charge is -2.01. The minimum atomic E-state index is -0.137. The Balaban J connectivity index is 1.67. The fraction of sp³-hybridized carbons (Fsp3) is 0.125. The highest BCUT2D eigenvalue weighted by molar-refractivity contribution is 7.17. The summed E-state index contributed by atoms with van der Waals surface area (Å²) in [7, 11) is 0. The molecule has 104 valence electrons. The molecule has 4 nitrogen and oxygen atoms in total. The van der Waals surface area contributed by atoms with Gasteiger partial charge in [0.05, 0.1) is 0 Å². The molecule has 0 N–H and O–H groups in total. The van der Waals surface area contributed by atoms with Gasteiger partial charge in [-0.1, -0.05) is 0 Å². The highest BCUT2D eigenvalue weighted by Gasteiger charge is 2.12. The maximum Gasteiger partial charge on any atom is 0.181 e. The fourth-order valence-corrected chi connectivity index (χ4v) is 2.87. The van der Waals surface area contributed by atoms with Gasteiger partial charge >= 0.3 is 0 Å². The van der Waals surface area contributed by atoms with Crippen molar-refractivity contribution < 1.29 is 9.59 Å². The summed E-state index contributed by atoms with van der Waals surface area (Å²) in [5.41, 5.74) is 1.00. The van der Waals surface area contributed by atoms with Crippen LogP contribution in [-0.4, -0.2) is 21.5 Å². The molecule has 0 aliphatic heterocycles. The first-order valence-electron chi connectivity index (χ1n) is 6.54. The molecule has 0 aliphatic carbocycles. The standard InChI is InChI=1S/C16H12N2O2S/c19-14(2-3-15(20)13-5-7-17-10-18-13)11-1-4-16-12(9-11)6-8-21-16/h1,4-10H,2-3H2. The van der Waals surface area contributed by atoms with Gasteiger partial charge in [0, 0.05) is 29.3 Å². The molecule has 21 heavy (non-hydrogen) atoms. The summed E-state index contributed by atoms with van der Waals surface area (Å²) < 4.78 is 1.16. The molecule has 0 atom stereocenters. The van der Waals surface area contributed by atoms with Crippen LogP contribution in [-0.2, 0) is 0 Å². The number of hydrogen-bond donors (Lipinski definition) is 0. The first-order chi connectivity index (χ1) is 10.2. The smallest absolute Gasteiger partial charge is 0.181 e. The third-order valence-electron chi connectivity index (χ3n) is 3.22. The molecule has 0 fully saturated rings. The van der Waals surface area contributed by atoms with Gasteiger partial charge in [-0.05, 0) is 41.1 Å². The zero-order valence-electron chi connectivity index (χ0n) is 11.2. The quantitative estimate of drug-likeness (QED) is 0.676. The van der Waals surface area contributed by atoms with Gasteiger partial charge in [0.15, 0.2) is 11.6 Å². The van der Waals surface area contributed by atoms with Crippen LogP contribution in [0.2, 0.25) is 0 Å². The number of nitrogens with zero attached hydrogens (tertiary/aromatic N) is 2. The molecule has 0 saturated carbocycles. The number of carbonyl (C=O) groups excluding carboxylic acids is 2. The zero-order chi connectivity index (χ0) is 14.7. The summed E-state index contributed by atoms with van der Waals surface area (Å²) in [6.45, 7) is 0. The van der Waals surface area contributed by atoms with Crippen molar-refractivity contribution in [3.63, 3.8) is 0 Å². The van der Waals surface area contributed by atoms with E-state index in [1.165, 1.54) is 12.5 Å². The van der Waals surface area contributed by atoms with E-state index in [0.717, 1.165) is 10.1 Å². The van der Waals surface area contributed by atoms with Crippen molar-refractivity contribution in [1.82, 2.24) is 9.97 Å². The molecule has 3 aromatic rings. The molecule has 2 aromatic heterocycles. The summed E-state index contributed by atoms with van der Waals surface area (Å²) in [6, 6.07) is 9.19. The number of ketones is 2. The van der Waals surface area contributed by atoms with Gasteiger partial charge in [0.1, 0.15) is 12.0 Å². The Kier molecular flexibility index (Phi) is 3.83. The number of aromatic nitrogens is 2. The van der Waals surface area contributed by atoms with Gasteiger partial charge in [-0.2, -0.15) is 0 Å². The third-order valence-corrected chi connectivity index (χ3v) is 4.12. The third kappa shape index (κ3) is 3.03. The second-order valence-corrected chi connectivity index (χ2v) is 5.56. The Morgan fingerprint density at radius 2 is 1.90 bits per heavy atom. The van der Waals surface area contributed by atoms with E-state index in [1.807, 2.05) is 29.6 Å². The Hall–Kier alpha value is -2.40. The van der Waals surface area contributed by atoms with Crippen LogP contribution in [0.3, 0.4) is 0 Å². The second-order valence-electron chi connectivity index (χ2n) is 4.61.